The molecule has 2 heteroatoms. The molecule has 0 aliphatic heterocycles. The molecule has 3 rings (SSSR count). The Morgan fingerprint density at radius 1 is 0.550 bits per heavy atom. The van der Waals surface area contributed by atoms with E-state index < -0.39 is 0 Å². The van der Waals surface area contributed by atoms with Crippen LogP contribution in [0.1, 0.15) is 0 Å². The van der Waals surface area contributed by atoms with Gasteiger partial charge in [-0.3, -0.25) is 0 Å². The van der Waals surface area contributed by atoms with Crippen LogP contribution in [-0.2, 0) is 0 Å². The van der Waals surface area contributed by atoms with Gasteiger partial charge in [-0.05, 0) is 41.0 Å². The molecule has 3 aromatic carbocycles. The van der Waals surface area contributed by atoms with Crippen molar-refractivity contribution >= 4 is 0 Å². The van der Waals surface area contributed by atoms with Crippen LogP contribution < -0.4 is 0 Å². The first-order chi connectivity index (χ1) is 9.74. The fourth-order valence-corrected chi connectivity index (χ4v) is 2.22. The van der Waals surface area contributed by atoms with Crippen LogP contribution in [0.25, 0.3) is 22.3 Å². The molecule has 0 saturated carbocycles. The van der Waals surface area contributed by atoms with Gasteiger partial charge in [-0.2, -0.15) is 0 Å². The Kier molecular flexibility index (Phi) is 3.13. The van der Waals surface area contributed by atoms with E-state index in [9.17, 15) is 10.2 Å². The Morgan fingerprint density at radius 2 is 1.20 bits per heavy atom. The predicted molar refractivity (Wildman–Crippen MR) is 80.6 cm³/mol. The van der Waals surface area contributed by atoms with Gasteiger partial charge in [0, 0.05) is 5.56 Å². The minimum Gasteiger partial charge on any atom is -0.508 e. The van der Waals surface area contributed by atoms with Gasteiger partial charge in [-0.25, -0.2) is 0 Å². The molecular weight excluding hydrogens is 248 g/mol. The Morgan fingerprint density at radius 3 is 1.90 bits per heavy atom. The minimum absolute atomic E-state index is 0.215. The summed E-state index contributed by atoms with van der Waals surface area (Å²) in [6.07, 6.45) is 0. The maximum atomic E-state index is 10.0. The largest absolute Gasteiger partial charge is 0.508 e. The van der Waals surface area contributed by atoms with Crippen molar-refractivity contribution in [3.05, 3.63) is 72.8 Å². The van der Waals surface area contributed by atoms with Crippen molar-refractivity contribution in [2.75, 3.05) is 0 Å². The standard InChI is InChI=1S/C18H14O2/c19-16-9-6-14(7-10-16)17-12-15(8-11-18(17)20)13-4-2-1-3-5-13/h1-12,19-20H. The summed E-state index contributed by atoms with van der Waals surface area (Å²) >= 11 is 0. The zero-order chi connectivity index (χ0) is 13.9. The monoisotopic (exact) mass is 262 g/mol. The zero-order valence-corrected chi connectivity index (χ0v) is 10.8. The molecule has 2 nitrogen and oxygen atoms in total. The third-order valence-corrected chi connectivity index (χ3v) is 3.28. The average molecular weight is 262 g/mol. The summed E-state index contributed by atoms with van der Waals surface area (Å²) in [6.45, 7) is 0. The lowest BCUT2D eigenvalue weighted by Crippen LogP contribution is -1.82. The Balaban J connectivity index is 2.10. The maximum absolute atomic E-state index is 10.0. The molecule has 20 heavy (non-hydrogen) atoms. The van der Waals surface area contributed by atoms with E-state index >= 15 is 0 Å². The van der Waals surface area contributed by atoms with Crippen molar-refractivity contribution in [2.45, 2.75) is 0 Å². The van der Waals surface area contributed by atoms with Crippen LogP contribution in [0.15, 0.2) is 72.8 Å². The number of aromatic hydroxyl groups is 2. The molecule has 0 heterocycles. The summed E-state index contributed by atoms with van der Waals surface area (Å²) in [5, 5.41) is 19.4. The second kappa shape index (κ2) is 5.10. The molecule has 0 amide bonds. The normalized spacial score (nSPS) is 10.4. The molecule has 0 fully saturated rings. The highest BCUT2D eigenvalue weighted by Crippen LogP contribution is 2.34. The summed E-state index contributed by atoms with van der Waals surface area (Å²) in [4.78, 5) is 0. The van der Waals surface area contributed by atoms with E-state index in [1.165, 1.54) is 0 Å². The maximum Gasteiger partial charge on any atom is 0.123 e. The molecule has 0 unspecified atom stereocenters. The smallest absolute Gasteiger partial charge is 0.123 e. The van der Waals surface area contributed by atoms with Crippen LogP contribution >= 0.6 is 0 Å². The lowest BCUT2D eigenvalue weighted by molar-refractivity contribution is 0.474. The highest BCUT2D eigenvalue weighted by Gasteiger charge is 2.07. The fourth-order valence-electron chi connectivity index (χ4n) is 2.22. The number of rotatable bonds is 2. The number of hydrogen-bond donors (Lipinski definition) is 2. The molecule has 0 aliphatic carbocycles. The topological polar surface area (TPSA) is 40.5 Å². The second-order valence-corrected chi connectivity index (χ2v) is 4.64. The Bertz CT molecular complexity index is 716. The third-order valence-electron chi connectivity index (χ3n) is 3.28. The van der Waals surface area contributed by atoms with E-state index in [1.54, 1.807) is 30.3 Å². The van der Waals surface area contributed by atoms with Gasteiger partial charge in [-0.1, -0.05) is 48.5 Å². The number of benzene rings is 3. The van der Waals surface area contributed by atoms with E-state index in [-0.39, 0.29) is 11.5 Å². The quantitative estimate of drug-likeness (QED) is 0.717. The molecule has 0 radical (unpaired) electrons. The minimum atomic E-state index is 0.215. The molecule has 0 aromatic heterocycles. The van der Waals surface area contributed by atoms with Crippen molar-refractivity contribution in [1.82, 2.24) is 0 Å². The van der Waals surface area contributed by atoms with Gasteiger partial charge in [0.2, 0.25) is 0 Å². The molecule has 0 spiro atoms. The van der Waals surface area contributed by atoms with Gasteiger partial charge < -0.3 is 10.2 Å². The van der Waals surface area contributed by atoms with Crippen LogP contribution in [0.3, 0.4) is 0 Å². The van der Waals surface area contributed by atoms with Crippen molar-refractivity contribution in [2.24, 2.45) is 0 Å². The lowest BCUT2D eigenvalue weighted by atomic mass is 9.98. The summed E-state index contributed by atoms with van der Waals surface area (Å²) in [5.74, 6) is 0.447. The fraction of sp³-hybridized carbons (Fsp3) is 0. The predicted octanol–water partition coefficient (Wildman–Crippen LogP) is 4.43. The SMILES string of the molecule is Oc1ccc(-c2cc(-c3ccccc3)ccc2O)cc1. The molecule has 0 atom stereocenters. The molecular formula is C18H14O2. The Hall–Kier alpha value is -2.74. The molecule has 0 aliphatic rings. The van der Waals surface area contributed by atoms with Crippen molar-refractivity contribution in [1.29, 1.82) is 0 Å². The molecule has 0 saturated heterocycles. The van der Waals surface area contributed by atoms with Crippen LogP contribution in [0.5, 0.6) is 11.5 Å². The number of phenols is 2. The van der Waals surface area contributed by atoms with E-state index in [1.807, 2.05) is 42.5 Å². The van der Waals surface area contributed by atoms with Gasteiger partial charge in [0.25, 0.3) is 0 Å². The highest BCUT2D eigenvalue weighted by molar-refractivity contribution is 5.77. The zero-order valence-electron chi connectivity index (χ0n) is 10.8. The molecule has 0 bridgehead atoms. The molecule has 98 valence electrons. The van der Waals surface area contributed by atoms with Gasteiger partial charge in [0.15, 0.2) is 0 Å². The van der Waals surface area contributed by atoms with Crippen LogP contribution in [0.2, 0.25) is 0 Å². The van der Waals surface area contributed by atoms with E-state index in [4.69, 9.17) is 0 Å². The van der Waals surface area contributed by atoms with Gasteiger partial charge in [-0.15, -0.1) is 0 Å². The van der Waals surface area contributed by atoms with Crippen LogP contribution in [0.4, 0.5) is 0 Å². The number of hydrogen-bond acceptors (Lipinski definition) is 2. The summed E-state index contributed by atoms with van der Waals surface area (Å²) in [5.41, 5.74) is 3.78. The van der Waals surface area contributed by atoms with E-state index in [2.05, 4.69) is 0 Å². The third kappa shape index (κ3) is 2.36. The Labute approximate surface area is 117 Å². The average Bonchev–Trinajstić information content (AvgIpc) is 2.50. The molecule has 3 aromatic rings. The van der Waals surface area contributed by atoms with Gasteiger partial charge in [0.05, 0.1) is 0 Å². The van der Waals surface area contributed by atoms with Crippen LogP contribution in [-0.4, -0.2) is 10.2 Å². The lowest BCUT2D eigenvalue weighted by Gasteiger charge is -2.08. The van der Waals surface area contributed by atoms with Crippen LogP contribution in [0, 0.1) is 0 Å². The van der Waals surface area contributed by atoms with Gasteiger partial charge >= 0.3 is 0 Å². The van der Waals surface area contributed by atoms with Crippen molar-refractivity contribution in [3.8, 4) is 33.8 Å². The van der Waals surface area contributed by atoms with Gasteiger partial charge in [0.1, 0.15) is 11.5 Å². The first-order valence-electron chi connectivity index (χ1n) is 6.42. The summed E-state index contributed by atoms with van der Waals surface area (Å²) in [7, 11) is 0. The van der Waals surface area contributed by atoms with E-state index in [0.29, 0.717) is 0 Å². The molecule has 2 N–H and O–H groups in total. The summed E-state index contributed by atoms with van der Waals surface area (Å²) in [6, 6.07) is 22.4. The first kappa shape index (κ1) is 12.3. The summed E-state index contributed by atoms with van der Waals surface area (Å²) < 4.78 is 0. The first-order valence-corrected chi connectivity index (χ1v) is 6.42. The second-order valence-electron chi connectivity index (χ2n) is 4.64. The highest BCUT2D eigenvalue weighted by atomic mass is 16.3. The van der Waals surface area contributed by atoms with Crippen molar-refractivity contribution < 1.29 is 10.2 Å². The number of phenolic OH excluding ortho intramolecular Hbond substituents is 2. The van der Waals surface area contributed by atoms with Crippen molar-refractivity contribution in [3.63, 3.8) is 0 Å². The van der Waals surface area contributed by atoms with E-state index in [0.717, 1.165) is 22.3 Å².